The Morgan fingerprint density at radius 3 is 2.75 bits per heavy atom. The van der Waals surface area contributed by atoms with Gasteiger partial charge in [-0.15, -0.1) is 0 Å². The maximum atomic E-state index is 11.7. The van der Waals surface area contributed by atoms with Gasteiger partial charge in [-0.3, -0.25) is 4.79 Å². The fourth-order valence-corrected chi connectivity index (χ4v) is 2.09. The van der Waals surface area contributed by atoms with Crippen molar-refractivity contribution in [2.75, 3.05) is 5.32 Å². The van der Waals surface area contributed by atoms with Crippen molar-refractivity contribution in [2.45, 2.75) is 32.7 Å². The first-order valence-electron chi connectivity index (χ1n) is 5.36. The molecule has 0 aromatic heterocycles. The molecule has 1 aromatic rings. The van der Waals surface area contributed by atoms with Crippen LogP contribution in [0.25, 0.3) is 0 Å². The third-order valence-electron chi connectivity index (χ3n) is 2.25. The van der Waals surface area contributed by atoms with Crippen LogP contribution in [0.1, 0.15) is 25.3 Å². The molecule has 1 amide bonds. The van der Waals surface area contributed by atoms with Gasteiger partial charge in [-0.25, -0.2) is 0 Å². The highest BCUT2D eigenvalue weighted by Crippen LogP contribution is 2.19. The monoisotopic (exact) mass is 284 g/mol. The molecule has 0 saturated carbocycles. The highest BCUT2D eigenvalue weighted by atomic mass is 79.9. The van der Waals surface area contributed by atoms with Crippen molar-refractivity contribution in [3.63, 3.8) is 0 Å². The van der Waals surface area contributed by atoms with E-state index in [9.17, 15) is 4.79 Å². The average molecular weight is 285 g/mol. The minimum atomic E-state index is -0.427. The van der Waals surface area contributed by atoms with Gasteiger partial charge in [0.15, 0.2) is 0 Å². The number of amides is 1. The van der Waals surface area contributed by atoms with Gasteiger partial charge in [0.1, 0.15) is 0 Å². The Hall–Kier alpha value is -0.870. The number of rotatable bonds is 4. The molecule has 0 bridgehead atoms. The topological polar surface area (TPSA) is 55.1 Å². The van der Waals surface area contributed by atoms with Gasteiger partial charge in [-0.2, -0.15) is 0 Å². The van der Waals surface area contributed by atoms with Crippen LogP contribution in [0.15, 0.2) is 22.7 Å². The summed E-state index contributed by atoms with van der Waals surface area (Å²) < 4.78 is 0.951. The van der Waals surface area contributed by atoms with Crippen LogP contribution in [-0.2, 0) is 4.79 Å². The van der Waals surface area contributed by atoms with E-state index in [0.717, 1.165) is 22.1 Å². The van der Waals surface area contributed by atoms with Gasteiger partial charge in [0.05, 0.1) is 6.04 Å². The molecule has 0 heterocycles. The molecule has 3 nitrogen and oxygen atoms in total. The Morgan fingerprint density at radius 2 is 2.19 bits per heavy atom. The van der Waals surface area contributed by atoms with Crippen LogP contribution in [0, 0.1) is 6.92 Å². The molecule has 3 N–H and O–H groups in total. The average Bonchev–Trinajstić information content (AvgIpc) is 2.16. The lowest BCUT2D eigenvalue weighted by Crippen LogP contribution is -2.35. The third-order valence-corrected chi connectivity index (χ3v) is 2.70. The number of benzene rings is 1. The van der Waals surface area contributed by atoms with Crippen molar-refractivity contribution < 1.29 is 4.79 Å². The van der Waals surface area contributed by atoms with E-state index in [4.69, 9.17) is 5.73 Å². The summed E-state index contributed by atoms with van der Waals surface area (Å²) in [5.41, 5.74) is 7.60. The van der Waals surface area contributed by atoms with E-state index in [2.05, 4.69) is 21.2 Å². The second-order valence-corrected chi connectivity index (χ2v) is 4.82. The number of anilines is 1. The molecule has 0 aliphatic heterocycles. The predicted octanol–water partition coefficient (Wildman–Crippen LogP) is 2.82. The van der Waals surface area contributed by atoms with E-state index >= 15 is 0 Å². The first-order chi connectivity index (χ1) is 7.52. The van der Waals surface area contributed by atoms with Gasteiger partial charge >= 0.3 is 0 Å². The molecule has 16 heavy (non-hydrogen) atoms. The summed E-state index contributed by atoms with van der Waals surface area (Å²) >= 11 is 3.39. The highest BCUT2D eigenvalue weighted by molar-refractivity contribution is 9.10. The first-order valence-corrected chi connectivity index (χ1v) is 6.16. The van der Waals surface area contributed by atoms with Gasteiger partial charge in [-0.05, 0) is 37.1 Å². The lowest BCUT2D eigenvalue weighted by molar-refractivity contribution is -0.117. The number of carbonyl (C=O) groups is 1. The fourth-order valence-electron chi connectivity index (χ4n) is 1.49. The van der Waals surface area contributed by atoms with E-state index in [-0.39, 0.29) is 5.91 Å². The molecule has 0 unspecified atom stereocenters. The molecule has 0 fully saturated rings. The molecular weight excluding hydrogens is 268 g/mol. The standard InChI is InChI=1S/C12H17BrN2O/c1-3-4-11(14)12(16)15-10-6-8(2)5-9(13)7-10/h5-7,11H,3-4,14H2,1-2H3,(H,15,16)/t11-/m0/s1. The molecule has 0 radical (unpaired) electrons. The zero-order valence-electron chi connectivity index (χ0n) is 9.59. The lowest BCUT2D eigenvalue weighted by Gasteiger charge is -2.11. The molecule has 0 spiro atoms. The maximum absolute atomic E-state index is 11.7. The van der Waals surface area contributed by atoms with Crippen LogP contribution >= 0.6 is 15.9 Å². The summed E-state index contributed by atoms with van der Waals surface area (Å²) in [5, 5.41) is 2.81. The number of halogens is 1. The minimum Gasteiger partial charge on any atom is -0.325 e. The van der Waals surface area contributed by atoms with E-state index in [0.29, 0.717) is 6.42 Å². The van der Waals surface area contributed by atoms with Crippen LogP contribution in [0.5, 0.6) is 0 Å². The third kappa shape index (κ3) is 3.94. The molecule has 0 aliphatic carbocycles. The summed E-state index contributed by atoms with van der Waals surface area (Å²) in [6.07, 6.45) is 1.62. The van der Waals surface area contributed by atoms with E-state index < -0.39 is 6.04 Å². The Morgan fingerprint density at radius 1 is 1.50 bits per heavy atom. The number of nitrogens with one attached hydrogen (secondary N) is 1. The van der Waals surface area contributed by atoms with Gasteiger partial charge in [0, 0.05) is 10.2 Å². The predicted molar refractivity (Wildman–Crippen MR) is 70.4 cm³/mol. The van der Waals surface area contributed by atoms with Crippen LogP contribution in [-0.4, -0.2) is 11.9 Å². The molecule has 1 atom stereocenters. The van der Waals surface area contributed by atoms with E-state index in [1.54, 1.807) is 0 Å². The van der Waals surface area contributed by atoms with Crippen molar-refractivity contribution in [2.24, 2.45) is 5.73 Å². The van der Waals surface area contributed by atoms with Gasteiger partial charge in [-0.1, -0.05) is 29.3 Å². The van der Waals surface area contributed by atoms with Crippen LogP contribution in [0.4, 0.5) is 5.69 Å². The smallest absolute Gasteiger partial charge is 0.241 e. The van der Waals surface area contributed by atoms with Crippen LogP contribution < -0.4 is 11.1 Å². The number of carbonyl (C=O) groups excluding carboxylic acids is 1. The quantitative estimate of drug-likeness (QED) is 0.893. The normalized spacial score (nSPS) is 12.2. The molecule has 0 saturated heterocycles. The summed E-state index contributed by atoms with van der Waals surface area (Å²) in [4.78, 5) is 11.7. The number of nitrogens with two attached hydrogens (primary N) is 1. The van der Waals surface area contributed by atoms with Crippen molar-refractivity contribution in [1.82, 2.24) is 0 Å². The number of hydrogen-bond donors (Lipinski definition) is 2. The molecule has 1 aromatic carbocycles. The summed E-state index contributed by atoms with van der Waals surface area (Å²) in [6, 6.07) is 5.34. The second kappa shape index (κ2) is 6.01. The molecular formula is C12H17BrN2O. The minimum absolute atomic E-state index is 0.126. The molecule has 88 valence electrons. The zero-order chi connectivity index (χ0) is 12.1. The Kier molecular flexibility index (Phi) is 4.96. The molecule has 1 rings (SSSR count). The van der Waals surface area contributed by atoms with Crippen molar-refractivity contribution in [3.05, 3.63) is 28.2 Å². The SMILES string of the molecule is CCC[C@H](N)C(=O)Nc1cc(C)cc(Br)c1. The van der Waals surface area contributed by atoms with Gasteiger partial charge in [0.2, 0.25) is 5.91 Å². The van der Waals surface area contributed by atoms with Crippen molar-refractivity contribution in [3.8, 4) is 0 Å². The fraction of sp³-hybridized carbons (Fsp3) is 0.417. The molecule has 4 heteroatoms. The van der Waals surface area contributed by atoms with Crippen molar-refractivity contribution in [1.29, 1.82) is 0 Å². The summed E-state index contributed by atoms with van der Waals surface area (Å²) in [6.45, 7) is 3.99. The summed E-state index contributed by atoms with van der Waals surface area (Å²) in [5.74, 6) is -0.126. The molecule has 0 aliphatic rings. The number of hydrogen-bond acceptors (Lipinski definition) is 2. The summed E-state index contributed by atoms with van der Waals surface area (Å²) in [7, 11) is 0. The second-order valence-electron chi connectivity index (χ2n) is 3.90. The van der Waals surface area contributed by atoms with E-state index in [1.165, 1.54) is 0 Å². The van der Waals surface area contributed by atoms with Crippen LogP contribution in [0.3, 0.4) is 0 Å². The largest absolute Gasteiger partial charge is 0.325 e. The van der Waals surface area contributed by atoms with E-state index in [1.807, 2.05) is 32.0 Å². The van der Waals surface area contributed by atoms with Crippen LogP contribution in [0.2, 0.25) is 0 Å². The highest BCUT2D eigenvalue weighted by Gasteiger charge is 2.12. The van der Waals surface area contributed by atoms with Gasteiger partial charge < -0.3 is 11.1 Å². The number of aryl methyl sites for hydroxylation is 1. The van der Waals surface area contributed by atoms with Crippen molar-refractivity contribution >= 4 is 27.5 Å². The lowest BCUT2D eigenvalue weighted by atomic mass is 10.1. The zero-order valence-corrected chi connectivity index (χ0v) is 11.2. The Balaban J connectivity index is 2.69. The maximum Gasteiger partial charge on any atom is 0.241 e. The first kappa shape index (κ1) is 13.2. The Bertz CT molecular complexity index is 359. The Labute approximate surface area is 105 Å². The van der Waals surface area contributed by atoms with Gasteiger partial charge in [0.25, 0.3) is 0 Å².